The first-order valence-corrected chi connectivity index (χ1v) is 18.5. The summed E-state index contributed by atoms with van der Waals surface area (Å²) in [6, 6.07) is 4.33. The van der Waals surface area contributed by atoms with E-state index in [-0.39, 0.29) is 11.6 Å². The van der Waals surface area contributed by atoms with Crippen LogP contribution in [-0.4, -0.2) is 112 Å². The average Bonchev–Trinajstić information content (AvgIpc) is 3.97. The summed E-state index contributed by atoms with van der Waals surface area (Å²) in [6.45, 7) is 2.79. The van der Waals surface area contributed by atoms with Gasteiger partial charge in [-0.1, -0.05) is 0 Å². The third kappa shape index (κ3) is 6.80. The number of carbonyl (C=O) groups excluding carboxylic acids is 1. The van der Waals surface area contributed by atoms with Crippen molar-refractivity contribution < 1.29 is 14.7 Å². The number of fused-ring (bicyclic) bond motifs is 4. The molecule has 1 fully saturated rings. The normalized spacial score (nSPS) is 14.7. The largest absolute Gasteiger partial charge is 0.477 e. The lowest BCUT2D eigenvalue weighted by atomic mass is 10.0. The van der Waals surface area contributed by atoms with Crippen molar-refractivity contribution in [2.45, 2.75) is 32.0 Å². The highest BCUT2D eigenvalue weighted by Crippen LogP contribution is 2.35. The number of carboxylic acids is 1. The van der Waals surface area contributed by atoms with Gasteiger partial charge in [0.05, 0.1) is 32.8 Å². The van der Waals surface area contributed by atoms with Crippen LogP contribution in [0.25, 0.3) is 22.1 Å². The Bertz CT molecular complexity index is 2500. The van der Waals surface area contributed by atoms with E-state index in [1.807, 2.05) is 29.4 Å². The number of aromatic amines is 2. The fraction of sp³-hybridized carbons (Fsp3) is 0.257. The zero-order chi connectivity index (χ0) is 37.5. The molecular weight excluding hydrogens is 824 g/mol. The molecule has 5 N–H and O–H groups in total. The Hall–Kier alpha value is -5.66. The van der Waals surface area contributed by atoms with Gasteiger partial charge in [-0.2, -0.15) is 0 Å². The summed E-state index contributed by atoms with van der Waals surface area (Å²) in [7, 11) is 4.18. The molecule has 0 radical (unpaired) electrons. The number of hydrogen-bond donors (Lipinski definition) is 5. The Balaban J connectivity index is 0.000000160. The third-order valence-electron chi connectivity index (χ3n) is 9.49. The predicted molar refractivity (Wildman–Crippen MR) is 210 cm³/mol. The first-order valence-electron chi connectivity index (χ1n) is 16.9. The molecule has 9 rings (SSSR count). The van der Waals surface area contributed by atoms with Crippen LogP contribution in [0, 0.1) is 0 Å². The zero-order valence-corrected chi connectivity index (χ0v) is 32.1. The molecule has 19 heteroatoms. The van der Waals surface area contributed by atoms with Crippen molar-refractivity contribution in [1.82, 2.24) is 49.7 Å². The van der Waals surface area contributed by atoms with Crippen molar-refractivity contribution in [3.8, 4) is 0 Å². The van der Waals surface area contributed by atoms with Crippen molar-refractivity contribution in [3.63, 3.8) is 0 Å². The summed E-state index contributed by atoms with van der Waals surface area (Å²) < 4.78 is 1.05. The molecule has 0 bridgehead atoms. The number of aromatic carboxylic acids is 1. The summed E-state index contributed by atoms with van der Waals surface area (Å²) in [4.78, 5) is 68.7. The van der Waals surface area contributed by atoms with E-state index in [4.69, 9.17) is 0 Å². The number of rotatable bonds is 7. The number of piperidine rings is 1. The molecule has 9 heterocycles. The van der Waals surface area contributed by atoms with Gasteiger partial charge in [0.1, 0.15) is 58.6 Å². The Morgan fingerprint density at radius 1 is 0.778 bits per heavy atom. The van der Waals surface area contributed by atoms with E-state index in [1.165, 1.54) is 12.7 Å². The van der Waals surface area contributed by atoms with Crippen molar-refractivity contribution in [3.05, 3.63) is 79.8 Å². The van der Waals surface area contributed by atoms with Crippen LogP contribution in [0.15, 0.2) is 56.1 Å². The van der Waals surface area contributed by atoms with Gasteiger partial charge in [0, 0.05) is 66.2 Å². The Labute approximate surface area is 324 Å². The van der Waals surface area contributed by atoms with Crippen LogP contribution in [0.5, 0.6) is 0 Å². The van der Waals surface area contributed by atoms with Crippen LogP contribution in [0.2, 0.25) is 0 Å². The van der Waals surface area contributed by atoms with E-state index in [9.17, 15) is 14.7 Å². The number of aromatic nitrogens is 8. The molecule has 0 saturated carbocycles. The Morgan fingerprint density at radius 3 is 1.78 bits per heavy atom. The number of nitrogens with zero attached hydrogens (tertiary/aromatic N) is 10. The summed E-state index contributed by atoms with van der Waals surface area (Å²) >= 11 is 6.91. The molecule has 0 aliphatic carbocycles. The maximum absolute atomic E-state index is 13.2. The number of hydrogen-bond acceptors (Lipinski definition) is 13. The number of halogens is 2. The quantitative estimate of drug-likeness (QED) is 0.136. The number of nitrogens with one attached hydrogen (secondary N) is 4. The molecule has 54 heavy (non-hydrogen) atoms. The van der Waals surface area contributed by atoms with Gasteiger partial charge in [-0.25, -0.2) is 34.7 Å². The second kappa shape index (κ2) is 14.6. The number of carbonyl (C=O) groups is 2. The van der Waals surface area contributed by atoms with Gasteiger partial charge >= 0.3 is 5.97 Å². The molecule has 6 aromatic rings. The van der Waals surface area contributed by atoms with Crippen molar-refractivity contribution in [2.24, 2.45) is 9.98 Å². The highest BCUT2D eigenvalue weighted by atomic mass is 79.9. The standard InChI is InChI=1S/C21H23BrN8O.C14H9BrN6O2/c1-29(2)14-3-5-30(6-4-14)21(31)18-17(22)16-19(25-11-26-20(16)28-18)27-15-7-12-8-23-9-13(12)10-24-15;15-10-9-12(18-5-19-13(9)21-11(10)14(22)23)20-8-1-6-2-16-3-7(6)4-17-8/h7-8,10-11,14H,3-6,9H2,1-2H3,(H2,24,25,26,27,28);1-2,4-5H,3H2,(H,22,23)(H2,17,18,19,20,21). The second-order valence-electron chi connectivity index (χ2n) is 13.0. The Kier molecular flexibility index (Phi) is 9.59. The fourth-order valence-corrected chi connectivity index (χ4v) is 7.86. The third-order valence-corrected chi connectivity index (χ3v) is 11.1. The molecule has 3 aliphatic rings. The predicted octanol–water partition coefficient (Wildman–Crippen LogP) is 5.45. The monoisotopic (exact) mass is 854 g/mol. The minimum absolute atomic E-state index is 0.0256. The topological polar surface area (TPSA) is 219 Å². The van der Waals surface area contributed by atoms with Gasteiger partial charge < -0.3 is 35.5 Å². The van der Waals surface area contributed by atoms with Gasteiger partial charge in [-0.05, 0) is 70.9 Å². The average molecular weight is 857 g/mol. The number of anilines is 4. The molecule has 0 aromatic carbocycles. The molecular formula is C35H32Br2N14O3. The molecule has 1 amide bonds. The van der Waals surface area contributed by atoms with E-state index >= 15 is 0 Å². The van der Waals surface area contributed by atoms with Crippen LogP contribution in [0.4, 0.5) is 23.3 Å². The number of carboxylic acid groups (broad SMARTS) is 1. The summed E-state index contributed by atoms with van der Waals surface area (Å²) in [6.07, 6.45) is 12.0. The smallest absolute Gasteiger partial charge is 0.353 e. The molecule has 1 saturated heterocycles. The lowest BCUT2D eigenvalue weighted by Crippen LogP contribution is -2.44. The summed E-state index contributed by atoms with van der Waals surface area (Å²) in [5.41, 5.74) is 5.77. The number of pyridine rings is 2. The highest BCUT2D eigenvalue weighted by Gasteiger charge is 2.28. The molecule has 0 unspecified atom stereocenters. The number of aliphatic imine (C=N–C) groups is 2. The molecule has 6 aromatic heterocycles. The lowest BCUT2D eigenvalue weighted by molar-refractivity contribution is 0.0655. The molecule has 0 spiro atoms. The minimum Gasteiger partial charge on any atom is -0.477 e. The highest BCUT2D eigenvalue weighted by molar-refractivity contribution is 9.11. The van der Waals surface area contributed by atoms with Crippen LogP contribution >= 0.6 is 31.9 Å². The molecule has 274 valence electrons. The number of amides is 1. The second-order valence-corrected chi connectivity index (χ2v) is 14.6. The van der Waals surface area contributed by atoms with E-state index in [1.54, 1.807) is 12.4 Å². The van der Waals surface area contributed by atoms with Crippen molar-refractivity contribution in [1.29, 1.82) is 0 Å². The van der Waals surface area contributed by atoms with Gasteiger partial charge in [-0.15, -0.1) is 0 Å². The van der Waals surface area contributed by atoms with E-state index < -0.39 is 5.97 Å². The number of likely N-dealkylation sites (tertiary alicyclic amines) is 1. The maximum atomic E-state index is 13.2. The maximum Gasteiger partial charge on any atom is 0.353 e. The zero-order valence-electron chi connectivity index (χ0n) is 28.9. The number of H-pyrrole nitrogens is 2. The Morgan fingerprint density at radius 2 is 1.28 bits per heavy atom. The van der Waals surface area contributed by atoms with E-state index in [0.717, 1.165) is 53.6 Å². The minimum atomic E-state index is -1.08. The van der Waals surface area contributed by atoms with Crippen LogP contribution in [0.3, 0.4) is 0 Å². The van der Waals surface area contributed by atoms with E-state index in [2.05, 4.69) is 111 Å². The lowest BCUT2D eigenvalue weighted by Gasteiger charge is -2.35. The van der Waals surface area contributed by atoms with Crippen LogP contribution < -0.4 is 10.6 Å². The summed E-state index contributed by atoms with van der Waals surface area (Å²) in [5, 5.41) is 16.8. The SMILES string of the molecule is CN(C)C1CCN(C(=O)c2[nH]c3ncnc(Nc4cc5c(cn4)CN=C5)c3c2Br)CC1.O=C(O)c1[nH]c2ncnc(Nc3cc4c(cn3)CN=C4)c2c1Br. The van der Waals surface area contributed by atoms with E-state index in [0.29, 0.717) is 73.7 Å². The molecule has 17 nitrogen and oxygen atoms in total. The van der Waals surface area contributed by atoms with Gasteiger partial charge in [0.2, 0.25) is 0 Å². The van der Waals surface area contributed by atoms with Crippen molar-refractivity contribution >= 4 is 102 Å². The first kappa shape index (κ1) is 35.4. The van der Waals surface area contributed by atoms with Crippen LogP contribution in [0.1, 0.15) is 56.1 Å². The fourth-order valence-electron chi connectivity index (χ4n) is 6.57. The van der Waals surface area contributed by atoms with Crippen LogP contribution in [-0.2, 0) is 13.1 Å². The van der Waals surface area contributed by atoms with Crippen molar-refractivity contribution in [2.75, 3.05) is 37.8 Å². The van der Waals surface area contributed by atoms with Gasteiger partial charge in [-0.3, -0.25) is 14.8 Å². The molecule has 3 aliphatic heterocycles. The van der Waals surface area contributed by atoms with Gasteiger partial charge in [0.25, 0.3) is 5.91 Å². The van der Waals surface area contributed by atoms with Gasteiger partial charge in [0.15, 0.2) is 0 Å². The first-order chi connectivity index (χ1) is 26.1. The summed E-state index contributed by atoms with van der Waals surface area (Å²) in [5.74, 6) is 1.21. The molecule has 0 atom stereocenters.